The van der Waals surface area contributed by atoms with Gasteiger partial charge in [-0.3, -0.25) is 0 Å². The number of hydrogen-bond donors (Lipinski definition) is 2. The molecule has 1 heterocycles. The van der Waals surface area contributed by atoms with Gasteiger partial charge in [0, 0.05) is 12.5 Å². The molecule has 0 radical (unpaired) electrons. The lowest BCUT2D eigenvalue weighted by molar-refractivity contribution is -0.0208. The molecule has 3 heteroatoms. The Morgan fingerprint density at radius 1 is 1.20 bits per heavy atom. The van der Waals surface area contributed by atoms with Crippen molar-refractivity contribution >= 4 is 0 Å². The molecule has 1 aromatic carbocycles. The molecule has 3 unspecified atom stereocenters. The Bertz CT molecular complexity index is 293. The van der Waals surface area contributed by atoms with Crippen molar-refractivity contribution in [3.05, 3.63) is 35.9 Å². The van der Waals surface area contributed by atoms with Crippen molar-refractivity contribution in [2.45, 2.75) is 18.6 Å². The van der Waals surface area contributed by atoms with E-state index in [1.165, 1.54) is 0 Å². The summed E-state index contributed by atoms with van der Waals surface area (Å²) in [5, 5.41) is 19.9. The average Bonchev–Trinajstić information content (AvgIpc) is 2.82. The highest BCUT2D eigenvalue weighted by molar-refractivity contribution is 5.18. The summed E-state index contributed by atoms with van der Waals surface area (Å²) < 4.78 is 5.19. The molecule has 3 nitrogen and oxygen atoms in total. The smallest absolute Gasteiger partial charge is 0.105 e. The second-order valence-corrected chi connectivity index (χ2v) is 3.97. The Hall–Kier alpha value is -0.900. The normalized spacial score (nSPS) is 25.1. The molecule has 0 saturated carbocycles. The monoisotopic (exact) mass is 208 g/mol. The van der Waals surface area contributed by atoms with Gasteiger partial charge >= 0.3 is 0 Å². The van der Waals surface area contributed by atoms with Crippen molar-refractivity contribution in [2.24, 2.45) is 5.92 Å². The summed E-state index contributed by atoms with van der Waals surface area (Å²) in [5.41, 5.74) is 0.761. The van der Waals surface area contributed by atoms with E-state index in [-0.39, 0.29) is 5.92 Å². The quantitative estimate of drug-likeness (QED) is 0.782. The van der Waals surface area contributed by atoms with Gasteiger partial charge < -0.3 is 14.9 Å². The first-order valence-corrected chi connectivity index (χ1v) is 5.28. The minimum atomic E-state index is -0.808. The fraction of sp³-hybridized carbons (Fsp3) is 0.500. The van der Waals surface area contributed by atoms with Crippen LogP contribution in [0, 0.1) is 5.92 Å². The van der Waals surface area contributed by atoms with Crippen LogP contribution in [0.1, 0.15) is 18.1 Å². The molecule has 0 bridgehead atoms. The highest BCUT2D eigenvalue weighted by Gasteiger charge is 2.30. The van der Waals surface area contributed by atoms with E-state index in [0.717, 1.165) is 12.0 Å². The number of ether oxygens (including phenoxy) is 1. The zero-order valence-corrected chi connectivity index (χ0v) is 8.54. The van der Waals surface area contributed by atoms with E-state index in [1.807, 2.05) is 30.3 Å². The highest BCUT2D eigenvalue weighted by atomic mass is 16.5. The zero-order chi connectivity index (χ0) is 10.7. The Balaban J connectivity index is 2.03. The van der Waals surface area contributed by atoms with Crippen molar-refractivity contribution in [1.29, 1.82) is 0 Å². The summed E-state index contributed by atoms with van der Waals surface area (Å²) in [6, 6.07) is 9.25. The number of rotatable bonds is 3. The summed E-state index contributed by atoms with van der Waals surface area (Å²) in [4.78, 5) is 0. The molecule has 0 spiro atoms. The minimum absolute atomic E-state index is 0.0557. The van der Waals surface area contributed by atoms with Gasteiger partial charge in [-0.2, -0.15) is 0 Å². The first kappa shape index (κ1) is 10.6. The van der Waals surface area contributed by atoms with Crippen LogP contribution in [0.3, 0.4) is 0 Å². The average molecular weight is 208 g/mol. The molecule has 1 aromatic rings. The molecule has 0 aliphatic carbocycles. The van der Waals surface area contributed by atoms with E-state index in [4.69, 9.17) is 4.74 Å². The van der Waals surface area contributed by atoms with E-state index < -0.39 is 12.2 Å². The lowest BCUT2D eigenvalue weighted by Gasteiger charge is -2.22. The Kier molecular flexibility index (Phi) is 3.36. The van der Waals surface area contributed by atoms with E-state index >= 15 is 0 Å². The molecule has 0 aromatic heterocycles. The van der Waals surface area contributed by atoms with Crippen LogP contribution in [0.4, 0.5) is 0 Å². The van der Waals surface area contributed by atoms with Gasteiger partial charge in [0.05, 0.1) is 12.7 Å². The Morgan fingerprint density at radius 2 is 1.93 bits per heavy atom. The predicted octanol–water partition coefficient (Wildman–Crippen LogP) is 1.12. The van der Waals surface area contributed by atoms with Crippen LogP contribution in [0.15, 0.2) is 30.3 Å². The van der Waals surface area contributed by atoms with Crippen molar-refractivity contribution in [1.82, 2.24) is 0 Å². The molecular weight excluding hydrogens is 192 g/mol. The molecule has 15 heavy (non-hydrogen) atoms. The molecule has 3 atom stereocenters. The van der Waals surface area contributed by atoms with Gasteiger partial charge in [0.2, 0.25) is 0 Å². The van der Waals surface area contributed by atoms with Gasteiger partial charge in [0.1, 0.15) is 6.10 Å². The maximum Gasteiger partial charge on any atom is 0.105 e. The van der Waals surface area contributed by atoms with Gasteiger partial charge in [-0.1, -0.05) is 30.3 Å². The number of benzene rings is 1. The number of hydrogen-bond acceptors (Lipinski definition) is 3. The molecule has 0 amide bonds. The van der Waals surface area contributed by atoms with E-state index in [9.17, 15) is 10.2 Å². The maximum atomic E-state index is 9.94. The Labute approximate surface area is 89.3 Å². The summed E-state index contributed by atoms with van der Waals surface area (Å²) in [5.74, 6) is 0.0557. The van der Waals surface area contributed by atoms with E-state index in [2.05, 4.69) is 0 Å². The first-order chi connectivity index (χ1) is 7.29. The van der Waals surface area contributed by atoms with Gasteiger partial charge in [-0.25, -0.2) is 0 Å². The lowest BCUT2D eigenvalue weighted by Crippen LogP contribution is -2.27. The van der Waals surface area contributed by atoms with Gasteiger partial charge in [-0.05, 0) is 12.0 Å². The van der Waals surface area contributed by atoms with Gasteiger partial charge in [0.25, 0.3) is 0 Å². The molecule has 2 rings (SSSR count). The SMILES string of the molecule is OC(c1ccccc1)C(O)C1CCOC1. The summed E-state index contributed by atoms with van der Waals surface area (Å²) in [6.45, 7) is 1.23. The predicted molar refractivity (Wildman–Crippen MR) is 56.3 cm³/mol. The van der Waals surface area contributed by atoms with Crippen LogP contribution in [-0.4, -0.2) is 29.5 Å². The van der Waals surface area contributed by atoms with Crippen molar-refractivity contribution in [2.75, 3.05) is 13.2 Å². The summed E-state index contributed by atoms with van der Waals surface area (Å²) in [6.07, 6.45) is -0.710. The minimum Gasteiger partial charge on any atom is -0.390 e. The third-order valence-corrected chi connectivity index (χ3v) is 2.91. The Morgan fingerprint density at radius 3 is 2.53 bits per heavy atom. The third-order valence-electron chi connectivity index (χ3n) is 2.91. The van der Waals surface area contributed by atoms with Crippen LogP contribution < -0.4 is 0 Å². The summed E-state index contributed by atoms with van der Waals surface area (Å²) in [7, 11) is 0. The topological polar surface area (TPSA) is 49.7 Å². The standard InChI is InChI=1S/C12H16O3/c13-11(9-4-2-1-3-5-9)12(14)10-6-7-15-8-10/h1-5,10-14H,6-8H2. The van der Waals surface area contributed by atoms with Crippen LogP contribution >= 0.6 is 0 Å². The fourth-order valence-corrected chi connectivity index (χ4v) is 1.93. The van der Waals surface area contributed by atoms with Crippen LogP contribution in [0.2, 0.25) is 0 Å². The summed E-state index contributed by atoms with van der Waals surface area (Å²) >= 11 is 0. The largest absolute Gasteiger partial charge is 0.390 e. The molecule has 2 N–H and O–H groups in total. The van der Waals surface area contributed by atoms with Crippen LogP contribution in [0.5, 0.6) is 0 Å². The van der Waals surface area contributed by atoms with Gasteiger partial charge in [0.15, 0.2) is 0 Å². The maximum absolute atomic E-state index is 9.94. The molecule has 1 fully saturated rings. The van der Waals surface area contributed by atoms with Crippen molar-refractivity contribution in [3.63, 3.8) is 0 Å². The number of aliphatic hydroxyl groups excluding tert-OH is 2. The number of aliphatic hydroxyl groups is 2. The molecule has 1 aliphatic rings. The fourth-order valence-electron chi connectivity index (χ4n) is 1.93. The van der Waals surface area contributed by atoms with Crippen molar-refractivity contribution in [3.8, 4) is 0 Å². The third kappa shape index (κ3) is 2.37. The molecule has 1 saturated heterocycles. The second kappa shape index (κ2) is 4.75. The second-order valence-electron chi connectivity index (χ2n) is 3.97. The van der Waals surface area contributed by atoms with Crippen LogP contribution in [-0.2, 0) is 4.74 Å². The van der Waals surface area contributed by atoms with Gasteiger partial charge in [-0.15, -0.1) is 0 Å². The lowest BCUT2D eigenvalue weighted by atomic mass is 9.93. The highest BCUT2D eigenvalue weighted by Crippen LogP contribution is 2.26. The molecule has 1 aliphatic heterocycles. The van der Waals surface area contributed by atoms with E-state index in [1.54, 1.807) is 0 Å². The van der Waals surface area contributed by atoms with Crippen molar-refractivity contribution < 1.29 is 14.9 Å². The first-order valence-electron chi connectivity index (χ1n) is 5.28. The van der Waals surface area contributed by atoms with Crippen LogP contribution in [0.25, 0.3) is 0 Å². The zero-order valence-electron chi connectivity index (χ0n) is 8.54. The molecular formula is C12H16O3. The molecule has 82 valence electrons. The van der Waals surface area contributed by atoms with E-state index in [0.29, 0.717) is 13.2 Å².